The minimum Gasteiger partial charge on any atom is -0.464 e. The molecule has 1 unspecified atom stereocenters. The van der Waals surface area contributed by atoms with Crippen LogP contribution in [0.3, 0.4) is 0 Å². The Morgan fingerprint density at radius 1 is 1.31 bits per heavy atom. The molecule has 0 spiro atoms. The summed E-state index contributed by atoms with van der Waals surface area (Å²) in [7, 11) is -3.69. The monoisotopic (exact) mass is 463 g/mol. The highest BCUT2D eigenvalue weighted by atomic mass is 35.5. The van der Waals surface area contributed by atoms with Crippen molar-refractivity contribution in [2.75, 3.05) is 17.3 Å². The zero-order valence-electron chi connectivity index (χ0n) is 15.9. The lowest BCUT2D eigenvalue weighted by atomic mass is 9.99. The second-order valence-corrected chi connectivity index (χ2v) is 9.63. The molecule has 1 aliphatic carbocycles. The number of alkyl halides is 1. The van der Waals surface area contributed by atoms with Gasteiger partial charge in [0.05, 0.1) is 29.9 Å². The van der Waals surface area contributed by atoms with E-state index < -0.39 is 26.7 Å². The highest BCUT2D eigenvalue weighted by molar-refractivity contribution is 7.93. The van der Waals surface area contributed by atoms with Crippen LogP contribution in [0.25, 0.3) is 5.69 Å². The predicted molar refractivity (Wildman–Crippen MR) is 109 cm³/mol. The van der Waals surface area contributed by atoms with Gasteiger partial charge < -0.3 is 4.74 Å². The Kier molecular flexibility index (Phi) is 6.12. The van der Waals surface area contributed by atoms with E-state index in [9.17, 15) is 13.2 Å². The van der Waals surface area contributed by atoms with E-state index in [1.807, 2.05) is 0 Å². The quantitative estimate of drug-likeness (QED) is 0.369. The van der Waals surface area contributed by atoms with Crippen molar-refractivity contribution in [1.82, 2.24) is 9.78 Å². The SMILES string of the molecule is CCS(=O)(=O)C(F)(C(=O)OC)N(Cl)c1ccc(-n2nc3c(c2Cl)CCCC3)cc1. The topological polar surface area (TPSA) is 81.5 Å². The van der Waals surface area contributed by atoms with E-state index in [0.29, 0.717) is 10.8 Å². The minimum atomic E-state index is -4.58. The smallest absolute Gasteiger partial charge is 0.393 e. The van der Waals surface area contributed by atoms with Crippen LogP contribution in [0.4, 0.5) is 10.1 Å². The number of halogens is 3. The van der Waals surface area contributed by atoms with Gasteiger partial charge in [-0.05, 0) is 49.9 Å². The van der Waals surface area contributed by atoms with Crippen molar-refractivity contribution in [2.45, 2.75) is 37.7 Å². The number of carbonyl (C=O) groups is 1. The number of fused-ring (bicyclic) bond motifs is 1. The average molecular weight is 464 g/mol. The Hall–Kier alpha value is -1.84. The number of aromatic nitrogens is 2. The third-order valence-corrected chi connectivity index (χ3v) is 7.75. The molecule has 1 atom stereocenters. The van der Waals surface area contributed by atoms with Gasteiger partial charge >= 0.3 is 11.1 Å². The van der Waals surface area contributed by atoms with Crippen molar-refractivity contribution in [3.8, 4) is 5.69 Å². The van der Waals surface area contributed by atoms with E-state index in [1.165, 1.54) is 19.1 Å². The van der Waals surface area contributed by atoms with Crippen LogP contribution in [-0.4, -0.2) is 42.2 Å². The van der Waals surface area contributed by atoms with E-state index in [2.05, 4.69) is 9.84 Å². The molecular weight excluding hydrogens is 444 g/mol. The first-order valence-corrected chi connectivity index (χ1v) is 11.4. The number of hydrogen-bond acceptors (Lipinski definition) is 6. The van der Waals surface area contributed by atoms with Crippen LogP contribution in [-0.2, 0) is 32.2 Å². The average Bonchev–Trinajstić information content (AvgIpc) is 3.08. The lowest BCUT2D eigenvalue weighted by Gasteiger charge is -2.30. The predicted octanol–water partition coefficient (Wildman–Crippen LogP) is 3.60. The summed E-state index contributed by atoms with van der Waals surface area (Å²) in [6.45, 7) is 1.21. The van der Waals surface area contributed by atoms with Gasteiger partial charge in [0, 0.05) is 17.3 Å². The molecule has 0 bridgehead atoms. The third kappa shape index (κ3) is 3.60. The number of rotatable bonds is 6. The Bertz CT molecular complexity index is 1030. The van der Waals surface area contributed by atoms with E-state index in [0.717, 1.165) is 44.1 Å². The van der Waals surface area contributed by atoms with E-state index in [1.54, 1.807) is 16.8 Å². The summed E-state index contributed by atoms with van der Waals surface area (Å²) in [5, 5.41) is 1.48. The lowest BCUT2D eigenvalue weighted by molar-refractivity contribution is -0.148. The number of aryl methyl sites for hydroxylation is 1. The highest BCUT2D eigenvalue weighted by Gasteiger charge is 2.57. The Morgan fingerprint density at radius 2 is 1.93 bits per heavy atom. The van der Waals surface area contributed by atoms with Gasteiger partial charge in [-0.25, -0.2) is 22.3 Å². The van der Waals surface area contributed by atoms with Crippen LogP contribution in [0.5, 0.6) is 0 Å². The summed E-state index contributed by atoms with van der Waals surface area (Å²) in [6, 6.07) is 5.88. The van der Waals surface area contributed by atoms with Gasteiger partial charge in [-0.3, -0.25) is 0 Å². The number of ether oxygens (including phenoxy) is 1. The molecule has 7 nitrogen and oxygen atoms in total. The second kappa shape index (κ2) is 8.12. The van der Waals surface area contributed by atoms with Gasteiger partial charge in [-0.2, -0.15) is 9.49 Å². The molecule has 0 saturated heterocycles. The van der Waals surface area contributed by atoms with Gasteiger partial charge in [0.1, 0.15) is 5.15 Å². The first-order chi connectivity index (χ1) is 13.7. The number of sulfone groups is 1. The number of hydrogen-bond donors (Lipinski definition) is 0. The van der Waals surface area contributed by atoms with Crippen molar-refractivity contribution < 1.29 is 22.3 Å². The summed E-state index contributed by atoms with van der Waals surface area (Å²) in [4.78, 5) is 12.0. The molecular formula is C18H20Cl2FN3O4S. The van der Waals surface area contributed by atoms with Gasteiger partial charge in [0.15, 0.2) is 0 Å². The third-order valence-electron chi connectivity index (χ3n) is 4.90. The molecule has 0 amide bonds. The molecule has 2 aromatic rings. The molecule has 0 radical (unpaired) electrons. The van der Waals surface area contributed by atoms with E-state index in [4.69, 9.17) is 23.4 Å². The molecule has 11 heteroatoms. The Morgan fingerprint density at radius 3 is 2.48 bits per heavy atom. The van der Waals surface area contributed by atoms with Crippen LogP contribution in [0, 0.1) is 0 Å². The van der Waals surface area contributed by atoms with Crippen molar-refractivity contribution in [3.63, 3.8) is 0 Å². The fourth-order valence-corrected chi connectivity index (χ4v) is 5.13. The maximum absolute atomic E-state index is 15.4. The molecule has 3 rings (SSSR count). The first-order valence-electron chi connectivity index (χ1n) is 8.99. The maximum atomic E-state index is 15.4. The zero-order valence-corrected chi connectivity index (χ0v) is 18.2. The minimum absolute atomic E-state index is 0.0478. The molecule has 29 heavy (non-hydrogen) atoms. The van der Waals surface area contributed by atoms with Crippen molar-refractivity contribution in [2.24, 2.45) is 0 Å². The molecule has 1 aliphatic rings. The molecule has 158 valence electrons. The summed E-state index contributed by atoms with van der Waals surface area (Å²) in [5.74, 6) is -2.27. The Balaban J connectivity index is 1.97. The molecule has 1 aromatic heterocycles. The number of carbonyl (C=O) groups excluding carboxylic acids is 1. The zero-order chi connectivity index (χ0) is 21.4. The number of benzene rings is 1. The van der Waals surface area contributed by atoms with Crippen molar-refractivity contribution in [1.29, 1.82) is 0 Å². The standard InChI is InChI=1S/C18H20Cl2FN3O4S/c1-3-29(26,27)18(21,17(25)28-2)24(20)13-10-8-12(9-11-13)23-16(19)14-6-4-5-7-15(14)22-23/h8-11H,3-7H2,1-2H3. The highest BCUT2D eigenvalue weighted by Crippen LogP contribution is 2.35. The maximum Gasteiger partial charge on any atom is 0.393 e. The van der Waals surface area contributed by atoms with Gasteiger partial charge in [0.2, 0.25) is 9.84 Å². The lowest BCUT2D eigenvalue weighted by Crippen LogP contribution is -2.54. The summed E-state index contributed by atoms with van der Waals surface area (Å²) >= 11 is 12.4. The van der Waals surface area contributed by atoms with Crippen molar-refractivity contribution >= 4 is 44.9 Å². The van der Waals surface area contributed by atoms with Gasteiger partial charge in [-0.1, -0.05) is 18.5 Å². The van der Waals surface area contributed by atoms with Gasteiger partial charge in [0.25, 0.3) is 0 Å². The summed E-state index contributed by atoms with van der Waals surface area (Å²) in [6.07, 6.45) is 3.82. The normalized spacial score (nSPS) is 16.0. The molecule has 0 fully saturated rings. The van der Waals surface area contributed by atoms with Crippen molar-refractivity contribution in [3.05, 3.63) is 40.7 Å². The fraction of sp³-hybridized carbons (Fsp3) is 0.444. The largest absolute Gasteiger partial charge is 0.464 e. The first kappa shape index (κ1) is 21.9. The summed E-state index contributed by atoms with van der Waals surface area (Å²) in [5.41, 5.74) is 2.52. The second-order valence-electron chi connectivity index (χ2n) is 6.59. The van der Waals surface area contributed by atoms with Crippen LogP contribution in [0.15, 0.2) is 24.3 Å². The summed E-state index contributed by atoms with van der Waals surface area (Å²) < 4.78 is 46.0. The van der Waals surface area contributed by atoms with Crippen LogP contribution < -0.4 is 4.42 Å². The molecule has 1 aromatic carbocycles. The number of methoxy groups -OCH3 is 1. The molecule has 0 saturated carbocycles. The van der Waals surface area contributed by atoms with Crippen LogP contribution >= 0.6 is 23.4 Å². The Labute approximate surface area is 178 Å². The van der Waals surface area contributed by atoms with E-state index >= 15 is 4.39 Å². The number of nitrogens with zero attached hydrogens (tertiary/aromatic N) is 3. The van der Waals surface area contributed by atoms with Gasteiger partial charge in [-0.15, -0.1) is 0 Å². The molecule has 0 N–H and O–H groups in total. The van der Waals surface area contributed by atoms with E-state index in [-0.39, 0.29) is 10.1 Å². The van der Waals surface area contributed by atoms with Crippen LogP contribution in [0.1, 0.15) is 31.0 Å². The number of anilines is 1. The fourth-order valence-electron chi connectivity index (χ4n) is 3.22. The number of esters is 1. The molecule has 1 heterocycles. The van der Waals surface area contributed by atoms with Crippen LogP contribution in [0.2, 0.25) is 5.15 Å². The molecule has 0 aliphatic heterocycles.